The molecule has 1 unspecified atom stereocenters. The van der Waals surface area contributed by atoms with E-state index in [1.165, 1.54) is 6.42 Å². The summed E-state index contributed by atoms with van der Waals surface area (Å²) in [7, 11) is 0. The molecule has 0 spiro atoms. The Labute approximate surface area is 182 Å². The van der Waals surface area contributed by atoms with Crippen molar-refractivity contribution in [1.29, 1.82) is 5.26 Å². The minimum absolute atomic E-state index is 0.342. The molecule has 0 radical (unpaired) electrons. The molecule has 1 aliphatic carbocycles. The number of hydrogen-bond donors (Lipinski definition) is 1. The minimum Gasteiger partial charge on any atom is -0.598 e. The van der Waals surface area contributed by atoms with Crippen LogP contribution in [0, 0.1) is 11.3 Å². The number of nitriles is 1. The Bertz CT molecular complexity index is 664. The highest BCUT2D eigenvalue weighted by molar-refractivity contribution is 9.11. The van der Waals surface area contributed by atoms with Crippen molar-refractivity contribution < 1.29 is 4.55 Å². The first kappa shape index (κ1) is 22.9. The van der Waals surface area contributed by atoms with Gasteiger partial charge in [-0.1, -0.05) is 30.9 Å². The summed E-state index contributed by atoms with van der Waals surface area (Å²) in [6, 6.07) is 4.45. The molecule has 1 aliphatic rings. The second-order valence-electron chi connectivity index (χ2n) is 8.00. The molecular formula is C18H26BrClN2OS3. The molecule has 3 nitrogen and oxygen atoms in total. The maximum atomic E-state index is 12.8. The predicted molar refractivity (Wildman–Crippen MR) is 119 cm³/mol. The largest absolute Gasteiger partial charge is 0.598 e. The molecule has 146 valence electrons. The van der Waals surface area contributed by atoms with Gasteiger partial charge in [-0.3, -0.25) is 0 Å². The van der Waals surface area contributed by atoms with E-state index in [2.05, 4.69) is 26.7 Å². The van der Waals surface area contributed by atoms with Crippen LogP contribution in [0.5, 0.6) is 0 Å². The van der Waals surface area contributed by atoms with Crippen LogP contribution in [0.4, 0.5) is 0 Å². The zero-order valence-electron chi connectivity index (χ0n) is 15.7. The molecule has 1 saturated carbocycles. The lowest BCUT2D eigenvalue weighted by Crippen LogP contribution is -2.51. The number of thiophene rings is 1. The summed E-state index contributed by atoms with van der Waals surface area (Å²) in [4.78, 5) is 0.958. The number of hydrogen-bond acceptors (Lipinski definition) is 5. The van der Waals surface area contributed by atoms with Crippen molar-refractivity contribution in [3.05, 3.63) is 19.8 Å². The first-order valence-electron chi connectivity index (χ1n) is 8.72. The summed E-state index contributed by atoms with van der Waals surface area (Å²) >= 11 is 12.0. The molecule has 0 aromatic carbocycles. The summed E-state index contributed by atoms with van der Waals surface area (Å²) in [6.45, 7) is 7.90. The molecule has 2 atom stereocenters. The van der Waals surface area contributed by atoms with Gasteiger partial charge in [0, 0.05) is 22.0 Å². The summed E-state index contributed by atoms with van der Waals surface area (Å²) in [6.07, 6.45) is 5.26. The number of nitrogens with one attached hydrogen (secondary N) is 1. The Morgan fingerprint density at radius 1 is 1.38 bits per heavy atom. The lowest BCUT2D eigenvalue weighted by atomic mass is 9.89. The van der Waals surface area contributed by atoms with Crippen LogP contribution in [0.2, 0.25) is 5.02 Å². The van der Waals surface area contributed by atoms with Gasteiger partial charge < -0.3 is 4.55 Å². The van der Waals surface area contributed by atoms with Crippen LogP contribution < -0.4 is 4.72 Å². The van der Waals surface area contributed by atoms with Gasteiger partial charge >= 0.3 is 0 Å². The highest BCUT2D eigenvalue weighted by atomic mass is 79.9. The molecule has 0 amide bonds. The zero-order chi connectivity index (χ0) is 19.6. The average molecular weight is 498 g/mol. The fourth-order valence-electron chi connectivity index (χ4n) is 2.91. The Balaban J connectivity index is 2.28. The van der Waals surface area contributed by atoms with Gasteiger partial charge in [-0.25, -0.2) is 0 Å². The normalized spacial score (nSPS) is 21.0. The highest BCUT2D eigenvalue weighted by Crippen LogP contribution is 2.46. The summed E-state index contributed by atoms with van der Waals surface area (Å²) in [5.74, 6) is 0.648. The quantitative estimate of drug-likeness (QED) is 0.462. The van der Waals surface area contributed by atoms with Crippen molar-refractivity contribution in [2.24, 2.45) is 0 Å². The van der Waals surface area contributed by atoms with Crippen molar-refractivity contribution in [1.82, 2.24) is 4.72 Å². The molecular weight excluding hydrogens is 472 g/mol. The molecule has 1 aromatic heterocycles. The van der Waals surface area contributed by atoms with E-state index < -0.39 is 16.9 Å². The standard InChI is InChI=1S/C18H26BrClN2OS3/c1-16(2,3)26(23)22-17(4,15-13(20)10-14(19)25-15)12-24-18(11-21)8-6-5-7-9-18/h10,22H,5-9,12H2,1-4H3/t17-,26?/m0/s1. The van der Waals surface area contributed by atoms with E-state index in [0.29, 0.717) is 10.8 Å². The van der Waals surface area contributed by atoms with Gasteiger partial charge in [-0.15, -0.1) is 27.8 Å². The molecule has 8 heteroatoms. The smallest absolute Gasteiger partial charge is 0.136 e. The van der Waals surface area contributed by atoms with Crippen molar-refractivity contribution in [3.8, 4) is 6.07 Å². The van der Waals surface area contributed by atoms with E-state index in [4.69, 9.17) is 11.6 Å². The van der Waals surface area contributed by atoms with Crippen molar-refractivity contribution in [2.75, 3.05) is 5.75 Å². The Morgan fingerprint density at radius 3 is 2.46 bits per heavy atom. The SMILES string of the molecule is CC(C)(C)[S+]([O-])N[C@@](C)(CSC1(C#N)CCCCC1)c1sc(Br)cc1Cl. The second kappa shape index (κ2) is 8.94. The first-order chi connectivity index (χ1) is 12.0. The van der Waals surface area contributed by atoms with E-state index in [1.54, 1.807) is 23.1 Å². The van der Waals surface area contributed by atoms with Gasteiger partial charge in [0.1, 0.15) is 15.0 Å². The first-order valence-corrected chi connectivity index (χ1v) is 12.8. The van der Waals surface area contributed by atoms with Gasteiger partial charge in [0.05, 0.1) is 14.9 Å². The van der Waals surface area contributed by atoms with E-state index >= 15 is 0 Å². The molecule has 0 aliphatic heterocycles. The second-order valence-corrected chi connectivity index (χ2v) is 14.2. The van der Waals surface area contributed by atoms with Crippen molar-refractivity contribution in [3.63, 3.8) is 0 Å². The van der Waals surface area contributed by atoms with Gasteiger partial charge in [0.25, 0.3) is 0 Å². The molecule has 1 N–H and O–H groups in total. The predicted octanol–water partition coefficient (Wildman–Crippen LogP) is 6.39. The van der Waals surface area contributed by atoms with Gasteiger partial charge in [0.2, 0.25) is 0 Å². The van der Waals surface area contributed by atoms with Crippen LogP contribution in [0.25, 0.3) is 0 Å². The van der Waals surface area contributed by atoms with E-state index in [-0.39, 0.29) is 9.49 Å². The number of rotatable bonds is 6. The van der Waals surface area contributed by atoms with E-state index in [0.717, 1.165) is 34.3 Å². The molecule has 2 rings (SSSR count). The van der Waals surface area contributed by atoms with Gasteiger partial charge in [0.15, 0.2) is 0 Å². The molecule has 1 heterocycles. The van der Waals surface area contributed by atoms with Crippen LogP contribution >= 0.6 is 50.6 Å². The lowest BCUT2D eigenvalue weighted by Gasteiger charge is -2.37. The van der Waals surface area contributed by atoms with E-state index in [9.17, 15) is 9.81 Å². The Kier molecular flexibility index (Phi) is 7.86. The summed E-state index contributed by atoms with van der Waals surface area (Å²) in [5, 5.41) is 10.5. The number of thioether (sulfide) groups is 1. The third-order valence-corrected chi connectivity index (χ3v) is 10.4. The molecule has 0 bridgehead atoms. The maximum Gasteiger partial charge on any atom is 0.136 e. The lowest BCUT2D eigenvalue weighted by molar-refractivity contribution is 0.448. The fraction of sp³-hybridized carbons (Fsp3) is 0.722. The fourth-order valence-corrected chi connectivity index (χ4v) is 7.69. The van der Waals surface area contributed by atoms with Crippen LogP contribution in [-0.4, -0.2) is 19.8 Å². The van der Waals surface area contributed by atoms with Crippen LogP contribution in [-0.2, 0) is 16.9 Å². The van der Waals surface area contributed by atoms with Crippen molar-refractivity contribution in [2.45, 2.75) is 74.8 Å². The molecule has 1 fully saturated rings. The average Bonchev–Trinajstić information content (AvgIpc) is 2.92. The van der Waals surface area contributed by atoms with Crippen molar-refractivity contribution >= 4 is 62.0 Å². The summed E-state index contributed by atoms with van der Waals surface area (Å²) < 4.78 is 16.4. The van der Waals surface area contributed by atoms with Crippen LogP contribution in [0.15, 0.2) is 9.85 Å². The third-order valence-electron chi connectivity index (χ3n) is 4.53. The Morgan fingerprint density at radius 2 is 2.00 bits per heavy atom. The van der Waals surface area contributed by atoms with Gasteiger partial charge in [-0.05, 0) is 62.5 Å². The van der Waals surface area contributed by atoms with Crippen LogP contribution in [0.3, 0.4) is 0 Å². The zero-order valence-corrected chi connectivity index (χ0v) is 20.4. The highest BCUT2D eigenvalue weighted by Gasteiger charge is 2.42. The summed E-state index contributed by atoms with van der Waals surface area (Å²) in [5.41, 5.74) is -0.572. The third kappa shape index (κ3) is 5.56. The number of nitrogens with zero attached hydrogens (tertiary/aromatic N) is 1. The molecule has 26 heavy (non-hydrogen) atoms. The Hall–Kier alpha value is 0.580. The molecule has 1 aromatic rings. The van der Waals surface area contributed by atoms with E-state index in [1.807, 2.05) is 33.8 Å². The van der Waals surface area contributed by atoms with Crippen LogP contribution in [0.1, 0.15) is 64.7 Å². The monoisotopic (exact) mass is 496 g/mol. The molecule has 0 saturated heterocycles. The van der Waals surface area contributed by atoms with Gasteiger partial charge in [-0.2, -0.15) is 5.26 Å². The minimum atomic E-state index is -1.24. The maximum absolute atomic E-state index is 12.8. The number of halogens is 2. The topological polar surface area (TPSA) is 58.9 Å².